The summed E-state index contributed by atoms with van der Waals surface area (Å²) in [4.78, 5) is 30.9. The lowest BCUT2D eigenvalue weighted by molar-refractivity contribution is 0.0722. The standard InChI is InChI=1S/C25H27BrN2O5/c1-13-9-16-18(10-14(13)2)33-24-20(22(16)29)21(28(25(24)31)8-6-7-27(3)4)15-11-17(26)23(30)19(12-15)32-5/h9-12,21,30H,6-8H2,1-5H3. The number of nitrogens with zero attached hydrogens (tertiary/aromatic N) is 2. The second-order valence-electron chi connectivity index (χ2n) is 8.72. The number of phenolic OH excluding ortho intramolecular Hbond substituents is 1. The van der Waals surface area contributed by atoms with Crippen LogP contribution in [0.2, 0.25) is 0 Å². The summed E-state index contributed by atoms with van der Waals surface area (Å²) < 4.78 is 11.8. The zero-order valence-corrected chi connectivity index (χ0v) is 20.9. The molecule has 174 valence electrons. The lowest BCUT2D eigenvalue weighted by atomic mass is 9.97. The minimum Gasteiger partial charge on any atom is -0.503 e. The number of hydrogen-bond donors (Lipinski definition) is 1. The van der Waals surface area contributed by atoms with E-state index in [1.165, 1.54) is 7.11 Å². The van der Waals surface area contributed by atoms with Gasteiger partial charge in [-0.15, -0.1) is 0 Å². The number of methoxy groups -OCH3 is 1. The summed E-state index contributed by atoms with van der Waals surface area (Å²) in [5.41, 5.74) is 3.14. The van der Waals surface area contributed by atoms with Crippen LogP contribution in [0.1, 0.15) is 45.3 Å². The van der Waals surface area contributed by atoms with Crippen LogP contribution in [0.4, 0.5) is 0 Å². The van der Waals surface area contributed by atoms with Gasteiger partial charge < -0.3 is 24.1 Å². The molecule has 1 atom stereocenters. The van der Waals surface area contributed by atoms with E-state index in [2.05, 4.69) is 15.9 Å². The van der Waals surface area contributed by atoms with Crippen molar-refractivity contribution in [3.05, 3.63) is 67.0 Å². The molecule has 1 aliphatic rings. The number of benzene rings is 2. The van der Waals surface area contributed by atoms with Crippen molar-refractivity contribution in [3.63, 3.8) is 0 Å². The zero-order valence-electron chi connectivity index (χ0n) is 19.4. The predicted octanol–water partition coefficient (Wildman–Crippen LogP) is 4.38. The van der Waals surface area contributed by atoms with E-state index in [0.717, 1.165) is 24.1 Å². The van der Waals surface area contributed by atoms with Crippen LogP contribution >= 0.6 is 15.9 Å². The fourth-order valence-electron chi connectivity index (χ4n) is 4.32. The molecule has 2 heterocycles. The van der Waals surface area contributed by atoms with Gasteiger partial charge in [0.05, 0.1) is 28.6 Å². The third-order valence-electron chi connectivity index (χ3n) is 6.17. The summed E-state index contributed by atoms with van der Waals surface area (Å²) in [6.45, 7) is 5.12. The molecule has 0 bridgehead atoms. The second-order valence-corrected chi connectivity index (χ2v) is 9.57. The molecule has 1 unspecified atom stereocenters. The number of carbonyl (C=O) groups excluding carboxylic acids is 1. The van der Waals surface area contributed by atoms with Gasteiger partial charge in [0.1, 0.15) is 5.58 Å². The third kappa shape index (κ3) is 4.02. The first-order chi connectivity index (χ1) is 15.6. The molecular formula is C25H27BrN2O5. The van der Waals surface area contributed by atoms with E-state index in [1.807, 2.05) is 45.0 Å². The van der Waals surface area contributed by atoms with Gasteiger partial charge in [-0.25, -0.2) is 0 Å². The van der Waals surface area contributed by atoms with Gasteiger partial charge in [-0.1, -0.05) is 0 Å². The van der Waals surface area contributed by atoms with Crippen molar-refractivity contribution in [2.75, 3.05) is 34.3 Å². The molecule has 1 amide bonds. The average Bonchev–Trinajstić information content (AvgIpc) is 3.03. The second kappa shape index (κ2) is 8.83. The molecule has 8 heteroatoms. The van der Waals surface area contributed by atoms with E-state index in [0.29, 0.717) is 33.1 Å². The summed E-state index contributed by atoms with van der Waals surface area (Å²) in [5, 5.41) is 10.7. The van der Waals surface area contributed by atoms with Gasteiger partial charge in [-0.2, -0.15) is 0 Å². The highest BCUT2D eigenvalue weighted by Gasteiger charge is 2.43. The number of ether oxygens (including phenoxy) is 1. The third-order valence-corrected chi connectivity index (χ3v) is 6.78. The van der Waals surface area contributed by atoms with Gasteiger partial charge >= 0.3 is 0 Å². The minimum absolute atomic E-state index is 0.0402. The quantitative estimate of drug-likeness (QED) is 0.525. The molecular weight excluding hydrogens is 488 g/mol. The Morgan fingerprint density at radius 2 is 1.85 bits per heavy atom. The first kappa shape index (κ1) is 23.3. The van der Waals surface area contributed by atoms with Gasteiger partial charge in [0.2, 0.25) is 5.76 Å². The molecule has 0 fully saturated rings. The number of phenols is 1. The molecule has 0 radical (unpaired) electrons. The van der Waals surface area contributed by atoms with Crippen LogP contribution in [0.15, 0.2) is 37.9 Å². The summed E-state index contributed by atoms with van der Waals surface area (Å²) in [6.07, 6.45) is 0.728. The van der Waals surface area contributed by atoms with Crippen LogP contribution in [0, 0.1) is 13.8 Å². The first-order valence-corrected chi connectivity index (χ1v) is 11.5. The zero-order chi connectivity index (χ0) is 24.0. The van der Waals surface area contributed by atoms with Crippen molar-refractivity contribution < 1.29 is 19.1 Å². The van der Waals surface area contributed by atoms with Crippen molar-refractivity contribution in [1.82, 2.24) is 9.80 Å². The number of aryl methyl sites for hydroxylation is 2. The highest BCUT2D eigenvalue weighted by atomic mass is 79.9. The summed E-state index contributed by atoms with van der Waals surface area (Å²) >= 11 is 3.37. The van der Waals surface area contributed by atoms with E-state index in [1.54, 1.807) is 17.0 Å². The number of aromatic hydroxyl groups is 1. The smallest absolute Gasteiger partial charge is 0.290 e. The Kier molecular flexibility index (Phi) is 6.24. The normalized spacial score (nSPS) is 15.5. The highest BCUT2D eigenvalue weighted by Crippen LogP contribution is 2.43. The lowest BCUT2D eigenvalue weighted by Gasteiger charge is -2.26. The van der Waals surface area contributed by atoms with Crippen LogP contribution in [-0.4, -0.2) is 55.1 Å². The predicted molar refractivity (Wildman–Crippen MR) is 130 cm³/mol. The van der Waals surface area contributed by atoms with Gasteiger partial charge in [0, 0.05) is 6.54 Å². The Labute approximate surface area is 200 Å². The monoisotopic (exact) mass is 514 g/mol. The largest absolute Gasteiger partial charge is 0.503 e. The molecule has 1 aromatic heterocycles. The number of rotatable bonds is 6. The van der Waals surface area contributed by atoms with Crippen molar-refractivity contribution in [2.24, 2.45) is 0 Å². The molecule has 7 nitrogen and oxygen atoms in total. The van der Waals surface area contributed by atoms with Gasteiger partial charge in [-0.05, 0) is 97.8 Å². The van der Waals surface area contributed by atoms with E-state index in [-0.39, 0.29) is 28.6 Å². The van der Waals surface area contributed by atoms with E-state index >= 15 is 0 Å². The van der Waals surface area contributed by atoms with Crippen LogP contribution in [0.25, 0.3) is 11.0 Å². The van der Waals surface area contributed by atoms with Crippen molar-refractivity contribution in [2.45, 2.75) is 26.3 Å². The first-order valence-electron chi connectivity index (χ1n) is 10.7. The summed E-state index contributed by atoms with van der Waals surface area (Å²) in [6, 6.07) is 6.36. The maximum absolute atomic E-state index is 13.7. The van der Waals surface area contributed by atoms with Crippen molar-refractivity contribution in [1.29, 1.82) is 0 Å². The van der Waals surface area contributed by atoms with Crippen molar-refractivity contribution in [3.8, 4) is 11.5 Å². The lowest BCUT2D eigenvalue weighted by Crippen LogP contribution is -2.32. The Hall–Kier alpha value is -2.84. The van der Waals surface area contributed by atoms with E-state index < -0.39 is 6.04 Å². The number of fused-ring (bicyclic) bond motifs is 2. The highest BCUT2D eigenvalue weighted by molar-refractivity contribution is 9.10. The Bertz CT molecular complexity index is 1310. The Morgan fingerprint density at radius 1 is 1.15 bits per heavy atom. The fraction of sp³-hybridized carbons (Fsp3) is 0.360. The van der Waals surface area contributed by atoms with Crippen LogP contribution in [0.5, 0.6) is 11.5 Å². The number of halogens is 1. The number of amides is 1. The molecule has 4 rings (SSSR count). The Morgan fingerprint density at radius 3 is 2.52 bits per heavy atom. The van der Waals surface area contributed by atoms with Crippen LogP contribution in [0.3, 0.4) is 0 Å². The number of hydrogen-bond acceptors (Lipinski definition) is 6. The molecule has 0 saturated carbocycles. The molecule has 0 saturated heterocycles. The molecule has 0 aliphatic carbocycles. The molecule has 2 aromatic carbocycles. The summed E-state index contributed by atoms with van der Waals surface area (Å²) in [7, 11) is 5.41. The van der Waals surface area contributed by atoms with Gasteiger partial charge in [0.25, 0.3) is 5.91 Å². The summed E-state index contributed by atoms with van der Waals surface area (Å²) in [5.74, 6) is -0.0188. The Balaban J connectivity index is 1.95. The molecule has 1 aliphatic heterocycles. The van der Waals surface area contributed by atoms with Gasteiger partial charge in [0.15, 0.2) is 16.9 Å². The average molecular weight is 515 g/mol. The van der Waals surface area contributed by atoms with E-state index in [4.69, 9.17) is 9.15 Å². The SMILES string of the molecule is COc1cc(C2c3c(oc4cc(C)c(C)cc4c3=O)C(=O)N2CCCN(C)C)cc(Br)c1O. The topological polar surface area (TPSA) is 83.2 Å². The van der Waals surface area contributed by atoms with E-state index in [9.17, 15) is 14.7 Å². The number of carbonyl (C=O) groups is 1. The molecule has 33 heavy (non-hydrogen) atoms. The minimum atomic E-state index is -0.650. The fourth-order valence-corrected chi connectivity index (χ4v) is 4.78. The van der Waals surface area contributed by atoms with Gasteiger partial charge in [-0.3, -0.25) is 9.59 Å². The maximum Gasteiger partial charge on any atom is 0.290 e. The van der Waals surface area contributed by atoms with Crippen molar-refractivity contribution >= 4 is 32.8 Å². The maximum atomic E-state index is 13.7. The molecule has 1 N–H and O–H groups in total. The van der Waals surface area contributed by atoms with Crippen LogP contribution in [-0.2, 0) is 0 Å². The molecule has 3 aromatic rings. The van der Waals surface area contributed by atoms with Crippen LogP contribution < -0.4 is 10.2 Å². The molecule has 0 spiro atoms.